The van der Waals surface area contributed by atoms with Gasteiger partial charge in [-0.05, 0) is 36.2 Å². The molecule has 0 fully saturated rings. The minimum atomic E-state index is -0.236. The van der Waals surface area contributed by atoms with E-state index in [0.717, 1.165) is 17.7 Å². The van der Waals surface area contributed by atoms with Crippen LogP contribution >= 0.6 is 0 Å². The summed E-state index contributed by atoms with van der Waals surface area (Å²) in [6.07, 6.45) is 4.38. The second-order valence-electron chi connectivity index (χ2n) is 6.07. The molecule has 140 valence electrons. The summed E-state index contributed by atoms with van der Waals surface area (Å²) in [5.74, 6) is 1.17. The Morgan fingerprint density at radius 2 is 1.74 bits per heavy atom. The molecule has 3 rings (SSSR count). The third-order valence-corrected chi connectivity index (χ3v) is 3.77. The van der Waals surface area contributed by atoms with Gasteiger partial charge in [-0.1, -0.05) is 37.3 Å². The van der Waals surface area contributed by atoms with Gasteiger partial charge in [0, 0.05) is 6.20 Å². The van der Waals surface area contributed by atoms with Crippen LogP contribution in [0.15, 0.2) is 67.0 Å². The summed E-state index contributed by atoms with van der Waals surface area (Å²) in [6, 6.07) is 17.3. The maximum atomic E-state index is 12.1. The van der Waals surface area contributed by atoms with E-state index >= 15 is 0 Å². The summed E-state index contributed by atoms with van der Waals surface area (Å²) in [7, 11) is 0. The Bertz CT molecular complexity index is 845. The van der Waals surface area contributed by atoms with Crippen LogP contribution in [-0.4, -0.2) is 28.9 Å². The first-order chi connectivity index (χ1) is 13.2. The SMILES string of the molecule is CCCOc1ccc(OCC(=O)Nc2cnn(Cc3ccccc3)c2)cc1. The lowest BCUT2D eigenvalue weighted by molar-refractivity contribution is -0.118. The van der Waals surface area contributed by atoms with Crippen LogP contribution in [0.4, 0.5) is 5.69 Å². The Labute approximate surface area is 158 Å². The molecular weight excluding hydrogens is 342 g/mol. The van der Waals surface area contributed by atoms with Crippen LogP contribution in [0.5, 0.6) is 11.5 Å². The number of anilines is 1. The predicted molar refractivity (Wildman–Crippen MR) is 104 cm³/mol. The lowest BCUT2D eigenvalue weighted by Crippen LogP contribution is -2.19. The van der Waals surface area contributed by atoms with Crippen molar-refractivity contribution in [3.63, 3.8) is 0 Å². The number of hydrogen-bond donors (Lipinski definition) is 1. The van der Waals surface area contributed by atoms with Crippen LogP contribution in [0, 0.1) is 0 Å². The first-order valence-electron chi connectivity index (χ1n) is 8.95. The molecule has 0 aliphatic carbocycles. The second-order valence-corrected chi connectivity index (χ2v) is 6.07. The number of carbonyl (C=O) groups excluding carboxylic acids is 1. The summed E-state index contributed by atoms with van der Waals surface area (Å²) in [5, 5.41) is 7.05. The largest absolute Gasteiger partial charge is 0.494 e. The van der Waals surface area contributed by atoms with Crippen molar-refractivity contribution < 1.29 is 14.3 Å². The summed E-state index contributed by atoms with van der Waals surface area (Å²) >= 11 is 0. The highest BCUT2D eigenvalue weighted by atomic mass is 16.5. The van der Waals surface area contributed by atoms with E-state index in [4.69, 9.17) is 9.47 Å². The molecule has 0 aliphatic rings. The zero-order valence-corrected chi connectivity index (χ0v) is 15.3. The summed E-state index contributed by atoms with van der Waals surface area (Å²) < 4.78 is 12.8. The molecule has 3 aromatic rings. The van der Waals surface area contributed by atoms with E-state index < -0.39 is 0 Å². The Kier molecular flexibility index (Phi) is 6.46. The van der Waals surface area contributed by atoms with Crippen LogP contribution < -0.4 is 14.8 Å². The Balaban J connectivity index is 1.45. The van der Waals surface area contributed by atoms with Crippen molar-refractivity contribution in [1.29, 1.82) is 0 Å². The van der Waals surface area contributed by atoms with Gasteiger partial charge < -0.3 is 14.8 Å². The molecule has 0 saturated heterocycles. The van der Waals surface area contributed by atoms with Gasteiger partial charge in [-0.25, -0.2) is 0 Å². The monoisotopic (exact) mass is 365 g/mol. The molecule has 0 spiro atoms. The van der Waals surface area contributed by atoms with E-state index in [0.29, 0.717) is 24.6 Å². The normalized spacial score (nSPS) is 10.4. The summed E-state index contributed by atoms with van der Waals surface area (Å²) in [4.78, 5) is 12.1. The van der Waals surface area contributed by atoms with Crippen molar-refractivity contribution in [1.82, 2.24) is 9.78 Å². The van der Waals surface area contributed by atoms with Gasteiger partial charge in [0.1, 0.15) is 11.5 Å². The number of nitrogens with zero attached hydrogens (tertiary/aromatic N) is 2. The van der Waals surface area contributed by atoms with Crippen molar-refractivity contribution in [3.05, 3.63) is 72.6 Å². The molecule has 6 heteroatoms. The summed E-state index contributed by atoms with van der Waals surface area (Å²) in [6.45, 7) is 3.32. The fourth-order valence-corrected chi connectivity index (χ4v) is 2.48. The molecule has 27 heavy (non-hydrogen) atoms. The Morgan fingerprint density at radius 1 is 1.04 bits per heavy atom. The van der Waals surface area contributed by atoms with Gasteiger partial charge in [-0.3, -0.25) is 9.48 Å². The zero-order chi connectivity index (χ0) is 18.9. The van der Waals surface area contributed by atoms with Gasteiger partial charge in [0.15, 0.2) is 6.61 Å². The maximum absolute atomic E-state index is 12.1. The molecule has 1 heterocycles. The van der Waals surface area contributed by atoms with Crippen molar-refractivity contribution >= 4 is 11.6 Å². The lowest BCUT2D eigenvalue weighted by atomic mass is 10.2. The summed E-state index contributed by atoms with van der Waals surface area (Å²) in [5.41, 5.74) is 1.79. The lowest BCUT2D eigenvalue weighted by Gasteiger charge is -2.08. The van der Waals surface area contributed by atoms with Crippen LogP contribution in [0.3, 0.4) is 0 Å². The minimum absolute atomic E-state index is 0.0704. The van der Waals surface area contributed by atoms with E-state index in [2.05, 4.69) is 17.3 Å². The quantitative estimate of drug-likeness (QED) is 0.627. The average molecular weight is 365 g/mol. The number of amides is 1. The third-order valence-electron chi connectivity index (χ3n) is 3.77. The number of benzene rings is 2. The van der Waals surface area contributed by atoms with Crippen molar-refractivity contribution in [2.75, 3.05) is 18.5 Å². The smallest absolute Gasteiger partial charge is 0.262 e. The number of carbonyl (C=O) groups is 1. The van der Waals surface area contributed by atoms with Gasteiger partial charge in [0.25, 0.3) is 5.91 Å². The molecule has 6 nitrogen and oxygen atoms in total. The molecule has 2 aromatic carbocycles. The predicted octanol–water partition coefficient (Wildman–Crippen LogP) is 3.74. The average Bonchev–Trinajstić information content (AvgIpc) is 3.13. The first kappa shape index (κ1) is 18.5. The number of hydrogen-bond acceptors (Lipinski definition) is 4. The highest BCUT2D eigenvalue weighted by Gasteiger charge is 2.06. The molecular formula is C21H23N3O3. The van der Waals surface area contributed by atoms with E-state index in [9.17, 15) is 4.79 Å². The van der Waals surface area contributed by atoms with Gasteiger partial charge in [-0.2, -0.15) is 5.10 Å². The minimum Gasteiger partial charge on any atom is -0.494 e. The topological polar surface area (TPSA) is 65.4 Å². The highest BCUT2D eigenvalue weighted by Crippen LogP contribution is 2.17. The standard InChI is InChI=1S/C21H23N3O3/c1-2-12-26-19-8-10-20(11-9-19)27-16-21(25)23-18-13-22-24(15-18)14-17-6-4-3-5-7-17/h3-11,13,15H,2,12,14,16H2,1H3,(H,23,25). The number of ether oxygens (including phenoxy) is 2. The zero-order valence-electron chi connectivity index (χ0n) is 15.3. The fourth-order valence-electron chi connectivity index (χ4n) is 2.48. The van der Waals surface area contributed by atoms with Gasteiger partial charge in [0.2, 0.25) is 0 Å². The molecule has 1 N–H and O–H groups in total. The first-order valence-corrected chi connectivity index (χ1v) is 8.95. The number of rotatable bonds is 9. The molecule has 0 aliphatic heterocycles. The van der Waals surface area contributed by atoms with Crippen LogP contribution in [0.2, 0.25) is 0 Å². The van der Waals surface area contributed by atoms with E-state index in [1.165, 1.54) is 0 Å². The Hall–Kier alpha value is -3.28. The maximum Gasteiger partial charge on any atom is 0.262 e. The second kappa shape index (κ2) is 9.43. The van der Waals surface area contributed by atoms with Crippen LogP contribution in [0.1, 0.15) is 18.9 Å². The van der Waals surface area contributed by atoms with Crippen molar-refractivity contribution in [2.24, 2.45) is 0 Å². The van der Waals surface area contributed by atoms with Crippen LogP contribution in [-0.2, 0) is 11.3 Å². The van der Waals surface area contributed by atoms with E-state index in [-0.39, 0.29) is 12.5 Å². The fraction of sp³-hybridized carbons (Fsp3) is 0.238. The number of aromatic nitrogens is 2. The number of nitrogens with one attached hydrogen (secondary N) is 1. The van der Waals surface area contributed by atoms with E-state index in [1.54, 1.807) is 29.2 Å². The van der Waals surface area contributed by atoms with Crippen LogP contribution in [0.25, 0.3) is 0 Å². The molecule has 1 amide bonds. The van der Waals surface area contributed by atoms with Gasteiger partial charge in [-0.15, -0.1) is 0 Å². The molecule has 1 aromatic heterocycles. The molecule has 0 unspecified atom stereocenters. The molecule has 0 bridgehead atoms. The van der Waals surface area contributed by atoms with Crippen molar-refractivity contribution in [2.45, 2.75) is 19.9 Å². The van der Waals surface area contributed by atoms with Gasteiger partial charge in [0.05, 0.1) is 25.0 Å². The van der Waals surface area contributed by atoms with Crippen molar-refractivity contribution in [3.8, 4) is 11.5 Å². The molecule has 0 saturated carbocycles. The molecule has 0 atom stereocenters. The van der Waals surface area contributed by atoms with E-state index in [1.807, 2.05) is 42.5 Å². The third kappa shape index (κ3) is 5.88. The highest BCUT2D eigenvalue weighted by molar-refractivity contribution is 5.91. The van der Waals surface area contributed by atoms with Gasteiger partial charge >= 0.3 is 0 Å². The molecule has 0 radical (unpaired) electrons. The Morgan fingerprint density at radius 3 is 2.44 bits per heavy atom.